The largest absolute Gasteiger partial charge is 0.388 e. The average molecular weight is 273 g/mol. The van der Waals surface area contributed by atoms with Gasteiger partial charge in [0.2, 0.25) is 5.91 Å². The molecule has 1 aliphatic carbocycles. The molecular weight excluding hydrogens is 250 g/mol. The number of anilines is 1. The molecule has 3 atom stereocenters. The van der Waals surface area contributed by atoms with Crippen molar-refractivity contribution in [2.24, 2.45) is 11.8 Å². The van der Waals surface area contributed by atoms with Gasteiger partial charge in [0, 0.05) is 5.69 Å². The molecule has 0 radical (unpaired) electrons. The Kier molecular flexibility index (Phi) is 3.13. The molecular formula is C17H23NO2. The van der Waals surface area contributed by atoms with Gasteiger partial charge in [0.1, 0.15) is 0 Å². The van der Waals surface area contributed by atoms with Crippen LogP contribution in [0.15, 0.2) is 18.2 Å². The quantitative estimate of drug-likeness (QED) is 0.867. The van der Waals surface area contributed by atoms with Crippen molar-refractivity contribution in [1.82, 2.24) is 0 Å². The summed E-state index contributed by atoms with van der Waals surface area (Å²) in [5, 5.41) is 13.6. The van der Waals surface area contributed by atoms with E-state index in [1.165, 1.54) is 12.8 Å². The minimum absolute atomic E-state index is 0.0355. The number of carbonyl (C=O) groups excluding carboxylic acids is 1. The molecule has 0 bridgehead atoms. The number of aliphatic hydroxyl groups is 1. The number of hydrogen-bond acceptors (Lipinski definition) is 2. The zero-order valence-corrected chi connectivity index (χ0v) is 12.4. The van der Waals surface area contributed by atoms with Gasteiger partial charge in [-0.3, -0.25) is 4.79 Å². The van der Waals surface area contributed by atoms with Gasteiger partial charge in [-0.1, -0.05) is 31.9 Å². The normalized spacial score (nSPS) is 29.1. The van der Waals surface area contributed by atoms with E-state index in [4.69, 9.17) is 0 Å². The third-order valence-electron chi connectivity index (χ3n) is 5.21. The summed E-state index contributed by atoms with van der Waals surface area (Å²) in [6.07, 6.45) is 3.10. The van der Waals surface area contributed by atoms with Gasteiger partial charge >= 0.3 is 0 Å². The van der Waals surface area contributed by atoms with Gasteiger partial charge in [0.25, 0.3) is 0 Å². The molecule has 1 aromatic carbocycles. The van der Waals surface area contributed by atoms with E-state index in [9.17, 15) is 9.90 Å². The zero-order chi connectivity index (χ0) is 14.5. The maximum absolute atomic E-state index is 12.0. The Labute approximate surface area is 120 Å². The van der Waals surface area contributed by atoms with Crippen molar-refractivity contribution in [3.05, 3.63) is 29.3 Å². The molecule has 20 heavy (non-hydrogen) atoms. The monoisotopic (exact) mass is 273 g/mol. The standard InChI is InChI=1S/C17H23NO2/c1-10-5-4-6-12(10)15(19)11-7-8-14-13(9-11)17(2,3)16(20)18-14/h7-10,12,15,19H,4-6H2,1-3H3,(H,18,20). The molecule has 3 nitrogen and oxygen atoms in total. The average Bonchev–Trinajstić information content (AvgIpc) is 2.92. The number of hydrogen-bond donors (Lipinski definition) is 2. The number of amides is 1. The second kappa shape index (κ2) is 4.59. The Morgan fingerprint density at radius 2 is 2.10 bits per heavy atom. The van der Waals surface area contributed by atoms with E-state index in [1.807, 2.05) is 32.0 Å². The van der Waals surface area contributed by atoms with Crippen molar-refractivity contribution in [2.45, 2.75) is 51.6 Å². The number of aliphatic hydroxyl groups excluding tert-OH is 1. The molecule has 0 spiro atoms. The maximum Gasteiger partial charge on any atom is 0.234 e. The van der Waals surface area contributed by atoms with Crippen molar-refractivity contribution < 1.29 is 9.90 Å². The highest BCUT2D eigenvalue weighted by atomic mass is 16.3. The van der Waals surface area contributed by atoms with E-state index in [1.54, 1.807) is 0 Å². The van der Waals surface area contributed by atoms with Crippen LogP contribution in [-0.4, -0.2) is 11.0 Å². The van der Waals surface area contributed by atoms with Crippen LogP contribution in [-0.2, 0) is 10.2 Å². The van der Waals surface area contributed by atoms with Crippen LogP contribution in [0, 0.1) is 11.8 Å². The fraction of sp³-hybridized carbons (Fsp3) is 0.588. The lowest BCUT2D eigenvalue weighted by atomic mass is 9.82. The van der Waals surface area contributed by atoms with Crippen LogP contribution in [0.3, 0.4) is 0 Å². The lowest BCUT2D eigenvalue weighted by molar-refractivity contribution is -0.119. The molecule has 1 amide bonds. The highest BCUT2D eigenvalue weighted by molar-refractivity contribution is 6.05. The summed E-state index contributed by atoms with van der Waals surface area (Å²) in [6, 6.07) is 5.90. The number of carbonyl (C=O) groups is 1. The summed E-state index contributed by atoms with van der Waals surface area (Å²) in [5.41, 5.74) is 2.33. The Bertz CT molecular complexity index is 550. The van der Waals surface area contributed by atoms with Gasteiger partial charge in [-0.05, 0) is 49.3 Å². The van der Waals surface area contributed by atoms with Gasteiger partial charge in [0.15, 0.2) is 0 Å². The SMILES string of the molecule is CC1CCCC1C(O)c1ccc2c(c1)C(C)(C)C(=O)N2. The second-order valence-corrected chi connectivity index (χ2v) is 6.90. The molecule has 0 saturated heterocycles. The van der Waals surface area contributed by atoms with Gasteiger partial charge in [-0.25, -0.2) is 0 Å². The summed E-state index contributed by atoms with van der Waals surface area (Å²) in [5.74, 6) is 0.959. The fourth-order valence-electron chi connectivity index (χ4n) is 3.66. The van der Waals surface area contributed by atoms with Crippen molar-refractivity contribution in [1.29, 1.82) is 0 Å². The van der Waals surface area contributed by atoms with Crippen LogP contribution in [0.4, 0.5) is 5.69 Å². The van der Waals surface area contributed by atoms with E-state index < -0.39 is 11.5 Å². The van der Waals surface area contributed by atoms with Gasteiger partial charge in [-0.15, -0.1) is 0 Å². The molecule has 3 unspecified atom stereocenters. The first kappa shape index (κ1) is 13.6. The van der Waals surface area contributed by atoms with Gasteiger partial charge in [-0.2, -0.15) is 0 Å². The first-order chi connectivity index (χ1) is 9.41. The Hall–Kier alpha value is -1.35. The maximum atomic E-state index is 12.0. The van der Waals surface area contributed by atoms with E-state index in [2.05, 4.69) is 12.2 Å². The minimum atomic E-state index is -0.508. The van der Waals surface area contributed by atoms with Crippen molar-refractivity contribution >= 4 is 11.6 Å². The summed E-state index contributed by atoms with van der Waals surface area (Å²) in [7, 11) is 0. The molecule has 108 valence electrons. The van der Waals surface area contributed by atoms with Crippen molar-refractivity contribution in [3.8, 4) is 0 Å². The predicted molar refractivity (Wildman–Crippen MR) is 79.6 cm³/mol. The van der Waals surface area contributed by atoms with Gasteiger partial charge < -0.3 is 10.4 Å². The third-order valence-corrected chi connectivity index (χ3v) is 5.21. The van der Waals surface area contributed by atoms with Crippen LogP contribution in [0.25, 0.3) is 0 Å². The zero-order valence-electron chi connectivity index (χ0n) is 12.4. The number of benzene rings is 1. The lowest BCUT2D eigenvalue weighted by Gasteiger charge is -2.24. The van der Waals surface area contributed by atoms with Crippen LogP contribution in [0.2, 0.25) is 0 Å². The number of fused-ring (bicyclic) bond motifs is 1. The molecule has 2 aliphatic rings. The first-order valence-electron chi connectivity index (χ1n) is 7.55. The highest BCUT2D eigenvalue weighted by Gasteiger charge is 2.39. The third kappa shape index (κ3) is 1.96. The fourth-order valence-corrected chi connectivity index (χ4v) is 3.66. The molecule has 1 saturated carbocycles. The lowest BCUT2D eigenvalue weighted by Crippen LogP contribution is -2.27. The Morgan fingerprint density at radius 3 is 2.75 bits per heavy atom. The van der Waals surface area contributed by atoms with Gasteiger partial charge in [0.05, 0.1) is 11.5 Å². The summed E-state index contributed by atoms with van der Waals surface area (Å²) in [4.78, 5) is 12.0. The van der Waals surface area contributed by atoms with E-state index >= 15 is 0 Å². The topological polar surface area (TPSA) is 49.3 Å². The van der Waals surface area contributed by atoms with Crippen LogP contribution >= 0.6 is 0 Å². The van der Waals surface area contributed by atoms with Crippen molar-refractivity contribution in [3.63, 3.8) is 0 Å². The molecule has 3 heteroatoms. The minimum Gasteiger partial charge on any atom is -0.388 e. The summed E-state index contributed by atoms with van der Waals surface area (Å²) in [6.45, 7) is 6.09. The Morgan fingerprint density at radius 1 is 1.35 bits per heavy atom. The highest BCUT2D eigenvalue weighted by Crippen LogP contribution is 2.43. The molecule has 1 aromatic rings. The second-order valence-electron chi connectivity index (χ2n) is 6.90. The van der Waals surface area contributed by atoms with E-state index in [-0.39, 0.29) is 5.91 Å². The summed E-state index contributed by atoms with van der Waals surface area (Å²) >= 11 is 0. The van der Waals surface area contributed by atoms with E-state index in [0.717, 1.165) is 23.2 Å². The molecule has 0 aromatic heterocycles. The van der Waals surface area contributed by atoms with Crippen LogP contribution in [0.1, 0.15) is 57.3 Å². The molecule has 1 aliphatic heterocycles. The molecule has 2 N–H and O–H groups in total. The van der Waals surface area contributed by atoms with Crippen molar-refractivity contribution in [2.75, 3.05) is 5.32 Å². The molecule has 1 heterocycles. The number of nitrogens with one attached hydrogen (secondary N) is 1. The molecule has 3 rings (SSSR count). The number of rotatable bonds is 2. The molecule has 1 fully saturated rings. The smallest absolute Gasteiger partial charge is 0.234 e. The first-order valence-corrected chi connectivity index (χ1v) is 7.55. The predicted octanol–water partition coefficient (Wildman–Crippen LogP) is 3.39. The summed E-state index contributed by atoms with van der Waals surface area (Å²) < 4.78 is 0. The van der Waals surface area contributed by atoms with E-state index in [0.29, 0.717) is 11.8 Å². The Balaban J connectivity index is 1.94. The van der Waals surface area contributed by atoms with Crippen LogP contribution < -0.4 is 5.32 Å². The van der Waals surface area contributed by atoms with Crippen LogP contribution in [0.5, 0.6) is 0 Å².